The van der Waals surface area contributed by atoms with Gasteiger partial charge < -0.3 is 4.42 Å². The maximum absolute atomic E-state index is 12.3. The standard InChI is InChI=1S/C19H17ClN2O2/c1-3-22-13(2)17(12-21-22)18(23)9-7-16-8-10-19(24-16)14-5-4-6-15(20)11-14/h4-12H,3H2,1-2H3/b9-7+. The molecule has 0 aliphatic carbocycles. The van der Waals surface area contributed by atoms with E-state index in [1.807, 2.05) is 50.2 Å². The largest absolute Gasteiger partial charge is 0.457 e. The number of benzene rings is 1. The van der Waals surface area contributed by atoms with E-state index >= 15 is 0 Å². The van der Waals surface area contributed by atoms with Gasteiger partial charge in [0.05, 0.1) is 11.8 Å². The van der Waals surface area contributed by atoms with E-state index in [1.54, 1.807) is 17.0 Å². The van der Waals surface area contributed by atoms with Crippen molar-refractivity contribution in [2.45, 2.75) is 20.4 Å². The van der Waals surface area contributed by atoms with E-state index in [-0.39, 0.29) is 5.78 Å². The van der Waals surface area contributed by atoms with Gasteiger partial charge in [0.25, 0.3) is 0 Å². The third-order valence-corrected chi connectivity index (χ3v) is 4.04. The lowest BCUT2D eigenvalue weighted by Crippen LogP contribution is -2.01. The second kappa shape index (κ2) is 6.89. The summed E-state index contributed by atoms with van der Waals surface area (Å²) in [6.45, 7) is 4.62. The van der Waals surface area contributed by atoms with Crippen molar-refractivity contribution in [3.05, 3.63) is 70.7 Å². The first-order chi connectivity index (χ1) is 11.6. The van der Waals surface area contributed by atoms with Crippen LogP contribution in [0.1, 0.15) is 28.7 Å². The Kier molecular flexibility index (Phi) is 4.67. The van der Waals surface area contributed by atoms with Crippen LogP contribution >= 0.6 is 11.6 Å². The summed E-state index contributed by atoms with van der Waals surface area (Å²) in [6.07, 6.45) is 4.77. The highest BCUT2D eigenvalue weighted by Gasteiger charge is 2.11. The summed E-state index contributed by atoms with van der Waals surface area (Å²) in [5.41, 5.74) is 2.37. The minimum atomic E-state index is -0.0899. The van der Waals surface area contributed by atoms with E-state index < -0.39 is 0 Å². The molecule has 0 aliphatic heterocycles. The molecule has 0 bridgehead atoms. The molecule has 0 amide bonds. The van der Waals surface area contributed by atoms with Crippen LogP contribution in [0.2, 0.25) is 5.02 Å². The van der Waals surface area contributed by atoms with Crippen LogP contribution in [0, 0.1) is 6.92 Å². The van der Waals surface area contributed by atoms with Crippen LogP contribution in [-0.2, 0) is 6.54 Å². The summed E-state index contributed by atoms with van der Waals surface area (Å²) in [7, 11) is 0. The molecule has 0 saturated heterocycles. The number of ketones is 1. The molecule has 0 atom stereocenters. The van der Waals surface area contributed by atoms with Gasteiger partial charge >= 0.3 is 0 Å². The minimum absolute atomic E-state index is 0.0899. The number of hydrogen-bond acceptors (Lipinski definition) is 3. The van der Waals surface area contributed by atoms with E-state index in [1.165, 1.54) is 6.08 Å². The summed E-state index contributed by atoms with van der Waals surface area (Å²) >= 11 is 5.99. The Morgan fingerprint density at radius 3 is 2.88 bits per heavy atom. The highest BCUT2D eigenvalue weighted by Crippen LogP contribution is 2.25. The topological polar surface area (TPSA) is 48.0 Å². The van der Waals surface area contributed by atoms with E-state index in [0.29, 0.717) is 22.1 Å². The first kappa shape index (κ1) is 16.3. The molecule has 2 heterocycles. The lowest BCUT2D eigenvalue weighted by molar-refractivity contribution is 0.104. The fourth-order valence-corrected chi connectivity index (χ4v) is 2.68. The van der Waals surface area contributed by atoms with E-state index in [9.17, 15) is 4.79 Å². The number of nitrogens with zero attached hydrogens (tertiary/aromatic N) is 2. The van der Waals surface area contributed by atoms with Gasteiger partial charge in [0.2, 0.25) is 0 Å². The number of rotatable bonds is 5. The molecule has 0 spiro atoms. The summed E-state index contributed by atoms with van der Waals surface area (Å²) in [5.74, 6) is 1.23. The molecule has 0 radical (unpaired) electrons. The first-order valence-corrected chi connectivity index (χ1v) is 8.07. The molecule has 0 aliphatic rings. The third-order valence-electron chi connectivity index (χ3n) is 3.80. The summed E-state index contributed by atoms with van der Waals surface area (Å²) < 4.78 is 7.55. The molecule has 24 heavy (non-hydrogen) atoms. The van der Waals surface area contributed by atoms with Gasteiger partial charge in [-0.15, -0.1) is 0 Å². The summed E-state index contributed by atoms with van der Waals surface area (Å²) in [6, 6.07) is 11.1. The molecule has 3 rings (SSSR count). The van der Waals surface area contributed by atoms with Gasteiger partial charge in [-0.3, -0.25) is 9.48 Å². The number of aromatic nitrogens is 2. The van der Waals surface area contributed by atoms with Gasteiger partial charge in [-0.05, 0) is 50.3 Å². The minimum Gasteiger partial charge on any atom is -0.457 e. The molecule has 5 heteroatoms. The maximum Gasteiger partial charge on any atom is 0.189 e. The lowest BCUT2D eigenvalue weighted by atomic mass is 10.1. The van der Waals surface area contributed by atoms with Gasteiger partial charge in [-0.25, -0.2) is 0 Å². The molecule has 0 saturated carbocycles. The number of halogens is 1. The first-order valence-electron chi connectivity index (χ1n) is 7.69. The fraction of sp³-hybridized carbons (Fsp3) is 0.158. The Morgan fingerprint density at radius 1 is 1.33 bits per heavy atom. The van der Waals surface area contributed by atoms with E-state index in [0.717, 1.165) is 17.8 Å². The van der Waals surface area contributed by atoms with Gasteiger partial charge in [0.15, 0.2) is 5.78 Å². The van der Waals surface area contributed by atoms with Crippen molar-refractivity contribution in [1.82, 2.24) is 9.78 Å². The van der Waals surface area contributed by atoms with Crippen molar-refractivity contribution in [2.24, 2.45) is 0 Å². The molecule has 122 valence electrons. The molecule has 0 N–H and O–H groups in total. The van der Waals surface area contributed by atoms with Crippen LogP contribution < -0.4 is 0 Å². The van der Waals surface area contributed by atoms with Gasteiger partial charge in [0.1, 0.15) is 11.5 Å². The van der Waals surface area contributed by atoms with Gasteiger partial charge in [-0.1, -0.05) is 23.7 Å². The second-order valence-corrected chi connectivity index (χ2v) is 5.81. The highest BCUT2D eigenvalue weighted by atomic mass is 35.5. The average Bonchev–Trinajstić information content (AvgIpc) is 3.19. The zero-order valence-corrected chi connectivity index (χ0v) is 14.2. The molecule has 2 aromatic heterocycles. The Balaban J connectivity index is 1.77. The predicted octanol–water partition coefficient (Wildman–Crippen LogP) is 5.02. The van der Waals surface area contributed by atoms with Gasteiger partial charge in [-0.2, -0.15) is 5.10 Å². The zero-order valence-electron chi connectivity index (χ0n) is 13.5. The molecule has 3 aromatic rings. The fourth-order valence-electron chi connectivity index (χ4n) is 2.49. The summed E-state index contributed by atoms with van der Waals surface area (Å²) in [4.78, 5) is 12.3. The second-order valence-electron chi connectivity index (χ2n) is 5.37. The Bertz CT molecular complexity index is 906. The Morgan fingerprint density at radius 2 is 2.17 bits per heavy atom. The van der Waals surface area contributed by atoms with Crippen molar-refractivity contribution in [3.63, 3.8) is 0 Å². The molecule has 0 unspecified atom stereocenters. The van der Waals surface area contributed by atoms with Gasteiger partial charge in [0, 0.05) is 22.8 Å². The van der Waals surface area contributed by atoms with Crippen molar-refractivity contribution >= 4 is 23.5 Å². The van der Waals surface area contributed by atoms with Crippen LogP contribution in [0.25, 0.3) is 17.4 Å². The highest BCUT2D eigenvalue weighted by molar-refractivity contribution is 6.30. The molecule has 1 aromatic carbocycles. The van der Waals surface area contributed by atoms with Crippen LogP contribution in [0.4, 0.5) is 0 Å². The smallest absolute Gasteiger partial charge is 0.189 e. The Labute approximate surface area is 145 Å². The monoisotopic (exact) mass is 340 g/mol. The maximum atomic E-state index is 12.3. The van der Waals surface area contributed by atoms with Crippen molar-refractivity contribution in [3.8, 4) is 11.3 Å². The number of carbonyl (C=O) groups is 1. The zero-order chi connectivity index (χ0) is 17.1. The van der Waals surface area contributed by atoms with Crippen LogP contribution in [0.5, 0.6) is 0 Å². The normalized spacial score (nSPS) is 11.3. The van der Waals surface area contributed by atoms with E-state index in [4.69, 9.17) is 16.0 Å². The van der Waals surface area contributed by atoms with Crippen molar-refractivity contribution < 1.29 is 9.21 Å². The van der Waals surface area contributed by atoms with Crippen molar-refractivity contribution in [1.29, 1.82) is 0 Å². The lowest BCUT2D eigenvalue weighted by Gasteiger charge is -1.99. The third kappa shape index (κ3) is 3.34. The number of carbonyl (C=O) groups excluding carboxylic acids is 1. The van der Waals surface area contributed by atoms with Crippen LogP contribution in [-0.4, -0.2) is 15.6 Å². The van der Waals surface area contributed by atoms with Crippen LogP contribution in [0.15, 0.2) is 53.1 Å². The number of furan rings is 1. The molecular formula is C19H17ClN2O2. The SMILES string of the molecule is CCn1ncc(C(=O)/C=C/c2ccc(-c3cccc(Cl)c3)o2)c1C. The molecule has 0 fully saturated rings. The average molecular weight is 341 g/mol. The quantitative estimate of drug-likeness (QED) is 0.484. The molecular weight excluding hydrogens is 324 g/mol. The predicted molar refractivity (Wildman–Crippen MR) is 95.2 cm³/mol. The number of hydrogen-bond donors (Lipinski definition) is 0. The van der Waals surface area contributed by atoms with E-state index in [2.05, 4.69) is 5.10 Å². The number of allylic oxidation sites excluding steroid dienone is 1. The Hall–Kier alpha value is -2.59. The number of aryl methyl sites for hydroxylation is 1. The van der Waals surface area contributed by atoms with Crippen LogP contribution in [0.3, 0.4) is 0 Å². The summed E-state index contributed by atoms with van der Waals surface area (Å²) in [5, 5.41) is 4.84. The van der Waals surface area contributed by atoms with Crippen molar-refractivity contribution in [2.75, 3.05) is 0 Å². The molecule has 4 nitrogen and oxygen atoms in total.